The van der Waals surface area contributed by atoms with Gasteiger partial charge < -0.3 is 14.7 Å². The highest BCUT2D eigenvalue weighted by Gasteiger charge is 2.25. The first-order valence-corrected chi connectivity index (χ1v) is 11.2. The molecule has 164 valence electrons. The van der Waals surface area contributed by atoms with Crippen molar-refractivity contribution in [2.75, 3.05) is 11.9 Å². The number of fused-ring (bicyclic) bond motifs is 2. The molecule has 0 bridgehead atoms. The molecule has 1 N–H and O–H groups in total. The van der Waals surface area contributed by atoms with E-state index in [1.807, 2.05) is 60.7 Å². The van der Waals surface area contributed by atoms with Crippen LogP contribution in [0.5, 0.6) is 0 Å². The van der Waals surface area contributed by atoms with Gasteiger partial charge >= 0.3 is 0 Å². The molecular weight excluding hydrogens is 436 g/mol. The fourth-order valence-corrected chi connectivity index (χ4v) is 4.76. The average Bonchev–Trinajstić information content (AvgIpc) is 3.31. The number of hydrogen-bond donors (Lipinski definition) is 1. The minimum absolute atomic E-state index is 0.0468. The van der Waals surface area contributed by atoms with Crippen LogP contribution in [0.15, 0.2) is 87.1 Å². The van der Waals surface area contributed by atoms with Gasteiger partial charge in [0.2, 0.25) is 11.7 Å². The van der Waals surface area contributed by atoms with Crippen molar-refractivity contribution in [1.82, 2.24) is 15.5 Å². The van der Waals surface area contributed by atoms with Crippen LogP contribution in [0.25, 0.3) is 11.4 Å². The Morgan fingerprint density at radius 1 is 1.03 bits per heavy atom. The summed E-state index contributed by atoms with van der Waals surface area (Å²) in [5.41, 5.74) is 2.81. The van der Waals surface area contributed by atoms with Crippen molar-refractivity contribution in [1.29, 1.82) is 0 Å². The third-order valence-electron chi connectivity index (χ3n) is 5.42. The number of carbonyl (C=O) groups is 2. The summed E-state index contributed by atoms with van der Waals surface area (Å²) in [6.07, 6.45) is 0. The predicted molar refractivity (Wildman–Crippen MR) is 125 cm³/mol. The van der Waals surface area contributed by atoms with Gasteiger partial charge in [0.15, 0.2) is 0 Å². The van der Waals surface area contributed by atoms with Crippen molar-refractivity contribution < 1.29 is 14.1 Å². The molecule has 0 fully saturated rings. The van der Waals surface area contributed by atoms with Crippen LogP contribution in [0, 0.1) is 0 Å². The maximum absolute atomic E-state index is 12.9. The number of benzene rings is 3. The second-order valence-corrected chi connectivity index (χ2v) is 8.75. The van der Waals surface area contributed by atoms with Gasteiger partial charge in [0.05, 0.1) is 11.3 Å². The number of aromatic nitrogens is 2. The molecule has 7 nitrogen and oxygen atoms in total. The van der Waals surface area contributed by atoms with Crippen LogP contribution in [0.3, 0.4) is 0 Å². The number of hydrogen-bond acceptors (Lipinski definition) is 6. The van der Waals surface area contributed by atoms with Crippen molar-refractivity contribution >= 4 is 29.3 Å². The summed E-state index contributed by atoms with van der Waals surface area (Å²) in [7, 11) is 1.77. The number of carbonyl (C=O) groups excluding carboxylic acids is 2. The molecule has 5 rings (SSSR count). The Labute approximate surface area is 194 Å². The van der Waals surface area contributed by atoms with Crippen molar-refractivity contribution in [2.24, 2.45) is 0 Å². The van der Waals surface area contributed by atoms with E-state index in [0.29, 0.717) is 22.8 Å². The molecule has 2 heterocycles. The highest BCUT2D eigenvalue weighted by atomic mass is 32.2. The van der Waals surface area contributed by atoms with Gasteiger partial charge in [0.25, 0.3) is 11.8 Å². The lowest BCUT2D eigenvalue weighted by atomic mass is 10.1. The molecule has 1 aromatic heterocycles. The van der Waals surface area contributed by atoms with E-state index >= 15 is 0 Å². The molecule has 1 aliphatic heterocycles. The van der Waals surface area contributed by atoms with Crippen LogP contribution in [0.2, 0.25) is 0 Å². The molecule has 4 aromatic rings. The van der Waals surface area contributed by atoms with Crippen LogP contribution in [0.4, 0.5) is 5.69 Å². The Hall–Kier alpha value is -3.91. The zero-order chi connectivity index (χ0) is 22.9. The molecule has 3 aromatic carbocycles. The molecule has 2 amide bonds. The smallest absolute Gasteiger partial charge is 0.259 e. The topological polar surface area (TPSA) is 88.3 Å². The second kappa shape index (κ2) is 8.55. The van der Waals surface area contributed by atoms with Crippen LogP contribution in [-0.4, -0.2) is 29.0 Å². The molecule has 0 spiro atoms. The lowest BCUT2D eigenvalue weighted by Crippen LogP contribution is -2.26. The van der Waals surface area contributed by atoms with Crippen LogP contribution >= 0.6 is 11.8 Å². The quantitative estimate of drug-likeness (QED) is 0.467. The number of rotatable bonds is 4. The van der Waals surface area contributed by atoms with E-state index < -0.39 is 6.04 Å². The second-order valence-electron chi connectivity index (χ2n) is 7.66. The average molecular weight is 457 g/mol. The molecule has 8 heteroatoms. The number of amides is 2. The van der Waals surface area contributed by atoms with E-state index in [2.05, 4.69) is 15.5 Å². The third kappa shape index (κ3) is 4.01. The molecule has 0 aliphatic carbocycles. The van der Waals surface area contributed by atoms with Crippen LogP contribution in [0.1, 0.15) is 39.6 Å². The summed E-state index contributed by atoms with van der Waals surface area (Å²) in [5.74, 6) is 0.473. The first-order chi connectivity index (χ1) is 16.0. The summed E-state index contributed by atoms with van der Waals surface area (Å²) in [6.45, 7) is 1.79. The van der Waals surface area contributed by atoms with Crippen LogP contribution in [-0.2, 0) is 0 Å². The maximum atomic E-state index is 12.9. The zero-order valence-electron chi connectivity index (χ0n) is 18.0. The molecule has 33 heavy (non-hydrogen) atoms. The van der Waals surface area contributed by atoms with Crippen LogP contribution < -0.4 is 10.2 Å². The molecular formula is C25H20N4O3S. The Kier molecular flexibility index (Phi) is 5.43. The van der Waals surface area contributed by atoms with Gasteiger partial charge in [-0.05, 0) is 49.4 Å². The first kappa shape index (κ1) is 21.0. The van der Waals surface area contributed by atoms with Crippen molar-refractivity contribution in [3.8, 4) is 11.4 Å². The molecule has 0 saturated carbocycles. The van der Waals surface area contributed by atoms with Gasteiger partial charge in [-0.3, -0.25) is 9.59 Å². The number of nitrogens with zero attached hydrogens (tertiary/aromatic N) is 3. The maximum Gasteiger partial charge on any atom is 0.259 e. The van der Waals surface area contributed by atoms with E-state index in [1.54, 1.807) is 31.0 Å². The minimum atomic E-state index is -0.454. The minimum Gasteiger partial charge on any atom is -0.341 e. The summed E-state index contributed by atoms with van der Waals surface area (Å²) in [5, 5.41) is 6.98. The molecule has 1 atom stereocenters. The van der Waals surface area contributed by atoms with Gasteiger partial charge in [-0.25, -0.2) is 0 Å². The van der Waals surface area contributed by atoms with Gasteiger partial charge in [0.1, 0.15) is 6.04 Å². The standard InChI is InChI=1S/C25H20N4O3S/c1-15(26-23(30)16-8-4-3-5-9-16)24-27-22(28-32-24)17-12-13-19-21(14-17)33-20-11-7-6-10-18(20)25(31)29(19)2/h3-15H,1-2H3,(H,26,30)/t15-/m1/s1. The Balaban J connectivity index is 1.40. The van der Waals surface area contributed by atoms with Gasteiger partial charge in [-0.15, -0.1) is 0 Å². The lowest BCUT2D eigenvalue weighted by Gasteiger charge is -2.17. The normalized spacial score (nSPS) is 13.6. The third-order valence-corrected chi connectivity index (χ3v) is 6.54. The van der Waals surface area contributed by atoms with Gasteiger partial charge in [-0.2, -0.15) is 4.98 Å². The van der Waals surface area contributed by atoms with Gasteiger partial charge in [-0.1, -0.05) is 47.3 Å². The molecule has 1 aliphatic rings. The van der Waals surface area contributed by atoms with E-state index in [1.165, 1.54) is 11.8 Å². The Morgan fingerprint density at radius 3 is 2.61 bits per heavy atom. The highest BCUT2D eigenvalue weighted by Crippen LogP contribution is 2.42. The zero-order valence-corrected chi connectivity index (χ0v) is 18.8. The van der Waals surface area contributed by atoms with Crippen molar-refractivity contribution in [3.63, 3.8) is 0 Å². The largest absolute Gasteiger partial charge is 0.341 e. The van der Waals surface area contributed by atoms with E-state index in [4.69, 9.17) is 4.52 Å². The Morgan fingerprint density at radius 2 is 1.79 bits per heavy atom. The van der Waals surface area contributed by atoms with E-state index in [-0.39, 0.29) is 11.8 Å². The lowest BCUT2D eigenvalue weighted by molar-refractivity contribution is 0.0931. The fourth-order valence-electron chi connectivity index (χ4n) is 3.61. The summed E-state index contributed by atoms with van der Waals surface area (Å²) in [6, 6.07) is 21.8. The van der Waals surface area contributed by atoms with E-state index in [0.717, 1.165) is 21.0 Å². The summed E-state index contributed by atoms with van der Waals surface area (Å²) in [4.78, 5) is 33.3. The predicted octanol–water partition coefficient (Wildman–Crippen LogP) is 4.97. The number of anilines is 1. The van der Waals surface area contributed by atoms with Crippen molar-refractivity contribution in [2.45, 2.75) is 22.8 Å². The summed E-state index contributed by atoms with van der Waals surface area (Å²) >= 11 is 1.53. The molecule has 0 unspecified atom stereocenters. The number of nitrogens with one attached hydrogen (secondary N) is 1. The van der Waals surface area contributed by atoms with Crippen molar-refractivity contribution in [3.05, 3.63) is 89.8 Å². The van der Waals surface area contributed by atoms with E-state index in [9.17, 15) is 9.59 Å². The Bertz CT molecular complexity index is 1350. The first-order valence-electron chi connectivity index (χ1n) is 10.4. The summed E-state index contributed by atoms with van der Waals surface area (Å²) < 4.78 is 5.43. The highest BCUT2D eigenvalue weighted by molar-refractivity contribution is 7.99. The molecule has 0 saturated heterocycles. The van der Waals surface area contributed by atoms with Gasteiger partial charge in [0, 0.05) is 28.0 Å². The fraction of sp³-hybridized carbons (Fsp3) is 0.120. The SMILES string of the molecule is C[C@@H](NC(=O)c1ccccc1)c1nc(-c2ccc3c(c2)Sc2ccccc2C(=O)N3C)no1. The molecule has 0 radical (unpaired) electrons. The monoisotopic (exact) mass is 456 g/mol.